The first-order valence-electron chi connectivity index (χ1n) is 8.15. The van der Waals surface area contributed by atoms with Gasteiger partial charge in [-0.1, -0.05) is 33.1 Å². The molecule has 1 saturated carbocycles. The third-order valence-corrected chi connectivity index (χ3v) is 5.90. The molecule has 3 aliphatic rings. The van der Waals surface area contributed by atoms with Crippen molar-refractivity contribution in [2.24, 2.45) is 17.8 Å². The van der Waals surface area contributed by atoms with Crippen LogP contribution in [0.15, 0.2) is 0 Å². The van der Waals surface area contributed by atoms with E-state index in [9.17, 15) is 0 Å². The third kappa shape index (κ3) is 2.34. The van der Waals surface area contributed by atoms with Gasteiger partial charge in [-0.2, -0.15) is 0 Å². The van der Waals surface area contributed by atoms with E-state index in [1.165, 1.54) is 51.5 Å². The van der Waals surface area contributed by atoms with Gasteiger partial charge in [0.1, 0.15) is 0 Å². The molecule has 2 nitrogen and oxygen atoms in total. The van der Waals surface area contributed by atoms with Gasteiger partial charge in [-0.05, 0) is 43.4 Å². The molecule has 3 rings (SSSR count). The average Bonchev–Trinajstić information content (AvgIpc) is 2.57. The Balaban J connectivity index is 1.73. The van der Waals surface area contributed by atoms with Gasteiger partial charge < -0.3 is 4.74 Å². The summed E-state index contributed by atoms with van der Waals surface area (Å²) in [5, 5.41) is 0. The zero-order valence-electron chi connectivity index (χ0n) is 12.1. The molecule has 104 valence electrons. The molecule has 0 aromatic carbocycles. The molecule has 0 aromatic heterocycles. The number of hydrogen-bond acceptors (Lipinski definition) is 2. The van der Waals surface area contributed by atoms with Crippen molar-refractivity contribution in [1.29, 1.82) is 0 Å². The van der Waals surface area contributed by atoms with Crippen LogP contribution in [0.4, 0.5) is 0 Å². The lowest BCUT2D eigenvalue weighted by Gasteiger charge is -2.42. The van der Waals surface area contributed by atoms with E-state index in [1.807, 2.05) is 0 Å². The number of ether oxygens (including phenoxy) is 1. The second-order valence-corrected chi connectivity index (χ2v) is 6.83. The van der Waals surface area contributed by atoms with Crippen molar-refractivity contribution in [3.8, 4) is 0 Å². The van der Waals surface area contributed by atoms with Gasteiger partial charge in [0.2, 0.25) is 0 Å². The Labute approximate surface area is 112 Å². The minimum absolute atomic E-state index is 0.569. The highest BCUT2D eigenvalue weighted by atomic mass is 16.5. The molecule has 1 aliphatic carbocycles. The van der Waals surface area contributed by atoms with Crippen LogP contribution in [0.2, 0.25) is 0 Å². The molecule has 0 radical (unpaired) electrons. The Morgan fingerprint density at radius 1 is 1.11 bits per heavy atom. The third-order valence-electron chi connectivity index (χ3n) is 5.90. The lowest BCUT2D eigenvalue weighted by molar-refractivity contribution is -0.0526. The van der Waals surface area contributed by atoms with Crippen LogP contribution in [0, 0.1) is 17.8 Å². The summed E-state index contributed by atoms with van der Waals surface area (Å²) in [6.45, 7) is 7.03. The molecule has 0 unspecified atom stereocenters. The van der Waals surface area contributed by atoms with E-state index in [0.717, 1.165) is 30.5 Å². The summed E-state index contributed by atoms with van der Waals surface area (Å²) >= 11 is 0. The van der Waals surface area contributed by atoms with Crippen molar-refractivity contribution in [2.45, 2.75) is 70.9 Å². The summed E-state index contributed by atoms with van der Waals surface area (Å²) < 4.78 is 6.27. The molecule has 2 aliphatic heterocycles. The molecule has 18 heavy (non-hydrogen) atoms. The van der Waals surface area contributed by atoms with E-state index in [1.54, 1.807) is 0 Å². The molecule has 3 fully saturated rings. The van der Waals surface area contributed by atoms with Crippen LogP contribution in [0.3, 0.4) is 0 Å². The van der Waals surface area contributed by atoms with Gasteiger partial charge in [-0.15, -0.1) is 0 Å². The lowest BCUT2D eigenvalue weighted by atomic mass is 9.73. The Morgan fingerprint density at radius 3 is 2.78 bits per heavy atom. The molecule has 2 heteroatoms. The fourth-order valence-electron chi connectivity index (χ4n) is 4.64. The van der Waals surface area contributed by atoms with Crippen LogP contribution >= 0.6 is 0 Å². The number of hydrogen-bond donors (Lipinski definition) is 0. The Morgan fingerprint density at radius 2 is 1.94 bits per heavy atom. The molecular weight excluding hydrogens is 222 g/mol. The predicted octanol–water partition coefficient (Wildman–Crippen LogP) is 3.66. The molecule has 0 spiro atoms. The van der Waals surface area contributed by atoms with Gasteiger partial charge in [-0.25, -0.2) is 0 Å². The molecule has 5 atom stereocenters. The van der Waals surface area contributed by atoms with E-state index in [4.69, 9.17) is 4.74 Å². The quantitative estimate of drug-likeness (QED) is 0.705. The van der Waals surface area contributed by atoms with Crippen molar-refractivity contribution in [3.63, 3.8) is 0 Å². The molecule has 2 heterocycles. The van der Waals surface area contributed by atoms with Crippen LogP contribution in [0.5, 0.6) is 0 Å². The zero-order valence-corrected chi connectivity index (χ0v) is 12.1. The summed E-state index contributed by atoms with van der Waals surface area (Å²) in [6, 6.07) is 0.806. The maximum absolute atomic E-state index is 6.27. The van der Waals surface area contributed by atoms with Crippen LogP contribution < -0.4 is 0 Å². The number of piperidine rings is 1. The SMILES string of the molecule is CC[C@H]1CC[C@@H]2[C@@H](C)[C@@H]3CCCC[C@H]3OCN2C1. The normalized spacial score (nSPS) is 46.0. The fraction of sp³-hybridized carbons (Fsp3) is 1.00. The van der Waals surface area contributed by atoms with E-state index in [0.29, 0.717) is 6.10 Å². The van der Waals surface area contributed by atoms with Crippen molar-refractivity contribution < 1.29 is 4.74 Å². The highest BCUT2D eigenvalue weighted by Crippen LogP contribution is 2.41. The summed E-state index contributed by atoms with van der Waals surface area (Å²) in [5.41, 5.74) is 0. The molecule has 2 saturated heterocycles. The second kappa shape index (κ2) is 5.50. The first kappa shape index (κ1) is 12.9. The second-order valence-electron chi connectivity index (χ2n) is 6.83. The van der Waals surface area contributed by atoms with Crippen LogP contribution in [0.25, 0.3) is 0 Å². The standard InChI is InChI=1S/C16H29NO/c1-3-13-8-9-15-12(2)14-6-4-5-7-16(14)18-11-17(15)10-13/h12-16H,3-11H2,1-2H3/t12-,13-,14-,15+,16+/m0/s1. The number of nitrogens with zero attached hydrogens (tertiary/aromatic N) is 1. The topological polar surface area (TPSA) is 12.5 Å². The highest BCUT2D eigenvalue weighted by Gasteiger charge is 2.41. The van der Waals surface area contributed by atoms with Crippen molar-refractivity contribution in [2.75, 3.05) is 13.3 Å². The minimum atomic E-state index is 0.569. The van der Waals surface area contributed by atoms with Gasteiger partial charge in [0.15, 0.2) is 0 Å². The summed E-state index contributed by atoms with van der Waals surface area (Å²) in [6.07, 6.45) is 10.3. The largest absolute Gasteiger partial charge is 0.363 e. The fourth-order valence-corrected chi connectivity index (χ4v) is 4.64. The van der Waals surface area contributed by atoms with Gasteiger partial charge in [-0.3, -0.25) is 4.90 Å². The summed E-state index contributed by atoms with van der Waals surface area (Å²) in [5.74, 6) is 2.60. The number of rotatable bonds is 1. The van der Waals surface area contributed by atoms with E-state index in [2.05, 4.69) is 18.7 Å². The Bertz CT molecular complexity index is 280. The smallest absolute Gasteiger partial charge is 0.0996 e. The van der Waals surface area contributed by atoms with E-state index in [-0.39, 0.29) is 0 Å². The van der Waals surface area contributed by atoms with Crippen LogP contribution in [-0.2, 0) is 4.74 Å². The predicted molar refractivity (Wildman–Crippen MR) is 74.4 cm³/mol. The maximum atomic E-state index is 6.27. The zero-order chi connectivity index (χ0) is 12.5. The van der Waals surface area contributed by atoms with Crippen LogP contribution in [-0.4, -0.2) is 30.3 Å². The first-order valence-corrected chi connectivity index (χ1v) is 8.15. The van der Waals surface area contributed by atoms with E-state index >= 15 is 0 Å². The maximum Gasteiger partial charge on any atom is 0.0996 e. The summed E-state index contributed by atoms with van der Waals surface area (Å²) in [7, 11) is 0. The average molecular weight is 251 g/mol. The van der Waals surface area contributed by atoms with Crippen LogP contribution in [0.1, 0.15) is 58.8 Å². The molecule has 0 N–H and O–H groups in total. The Hall–Kier alpha value is -0.0800. The number of fused-ring (bicyclic) bond motifs is 2. The van der Waals surface area contributed by atoms with Gasteiger partial charge in [0, 0.05) is 12.6 Å². The molecular formula is C16H29NO. The van der Waals surface area contributed by atoms with Crippen molar-refractivity contribution in [1.82, 2.24) is 4.90 Å². The lowest BCUT2D eigenvalue weighted by Crippen LogP contribution is -2.47. The molecule has 0 amide bonds. The molecule has 0 aromatic rings. The van der Waals surface area contributed by atoms with Crippen molar-refractivity contribution >= 4 is 0 Å². The minimum Gasteiger partial charge on any atom is -0.363 e. The van der Waals surface area contributed by atoms with Gasteiger partial charge in [0.05, 0.1) is 12.8 Å². The van der Waals surface area contributed by atoms with E-state index < -0.39 is 0 Å². The Kier molecular flexibility index (Phi) is 3.95. The van der Waals surface area contributed by atoms with Crippen molar-refractivity contribution in [3.05, 3.63) is 0 Å². The molecule has 0 bridgehead atoms. The van der Waals surface area contributed by atoms with Gasteiger partial charge in [0.25, 0.3) is 0 Å². The highest BCUT2D eigenvalue weighted by molar-refractivity contribution is 4.92. The van der Waals surface area contributed by atoms with Gasteiger partial charge >= 0.3 is 0 Å². The monoisotopic (exact) mass is 251 g/mol. The first-order chi connectivity index (χ1) is 8.79. The summed E-state index contributed by atoms with van der Waals surface area (Å²) in [4.78, 5) is 2.67.